The van der Waals surface area contributed by atoms with Crippen molar-refractivity contribution in [1.82, 2.24) is 0 Å². The van der Waals surface area contributed by atoms with Crippen LogP contribution < -0.4 is 0 Å². The van der Waals surface area contributed by atoms with Gasteiger partial charge in [-0.15, -0.1) is 0 Å². The van der Waals surface area contributed by atoms with E-state index in [2.05, 4.69) is 0 Å². The Bertz CT molecular complexity index is 518. The predicted octanol–water partition coefficient (Wildman–Crippen LogP) is 2.89. The van der Waals surface area contributed by atoms with Gasteiger partial charge in [0.2, 0.25) is 0 Å². The lowest BCUT2D eigenvalue weighted by atomic mass is 9.91. The van der Waals surface area contributed by atoms with Crippen molar-refractivity contribution in [3.8, 4) is 0 Å². The first kappa shape index (κ1) is 16.2. The van der Waals surface area contributed by atoms with Crippen LogP contribution in [0.25, 0.3) is 0 Å². The van der Waals surface area contributed by atoms with Crippen molar-refractivity contribution in [3.05, 3.63) is 33.9 Å². The molecule has 110 valence electrons. The molecule has 0 heterocycles. The number of aryl methyl sites for hydroxylation is 2. The quantitative estimate of drug-likeness (QED) is 0.777. The number of carbonyl (C=O) groups is 2. The highest BCUT2D eigenvalue weighted by Gasteiger charge is 2.21. The maximum atomic E-state index is 12.2. The van der Waals surface area contributed by atoms with Crippen LogP contribution >= 0.6 is 0 Å². The van der Waals surface area contributed by atoms with Crippen LogP contribution in [0.15, 0.2) is 6.07 Å². The largest absolute Gasteiger partial charge is 0.466 e. The average molecular weight is 278 g/mol. The van der Waals surface area contributed by atoms with Gasteiger partial charge in [0.15, 0.2) is 0 Å². The molecule has 0 bridgehead atoms. The van der Waals surface area contributed by atoms with E-state index in [1.54, 1.807) is 13.8 Å². The highest BCUT2D eigenvalue weighted by atomic mass is 16.5. The zero-order chi connectivity index (χ0) is 15.3. The summed E-state index contributed by atoms with van der Waals surface area (Å²) in [4.78, 5) is 23.9. The summed E-state index contributed by atoms with van der Waals surface area (Å²) in [6.07, 6.45) is 0.0922. The Labute approximate surface area is 120 Å². The summed E-state index contributed by atoms with van der Waals surface area (Å²) in [5.74, 6) is -0.708. The molecule has 0 aliphatic carbocycles. The van der Waals surface area contributed by atoms with Gasteiger partial charge in [-0.3, -0.25) is 4.79 Å². The highest BCUT2D eigenvalue weighted by Crippen LogP contribution is 2.24. The third-order valence-electron chi connectivity index (χ3n) is 3.28. The van der Waals surface area contributed by atoms with E-state index in [9.17, 15) is 9.59 Å². The fraction of sp³-hybridized carbons (Fsp3) is 0.500. The van der Waals surface area contributed by atoms with Gasteiger partial charge in [-0.25, -0.2) is 4.79 Å². The van der Waals surface area contributed by atoms with Crippen LogP contribution in [0.2, 0.25) is 0 Å². The summed E-state index contributed by atoms with van der Waals surface area (Å²) in [5, 5.41) is 0. The van der Waals surface area contributed by atoms with Crippen LogP contribution in [0.4, 0.5) is 0 Å². The number of hydrogen-bond acceptors (Lipinski definition) is 4. The highest BCUT2D eigenvalue weighted by molar-refractivity contribution is 5.95. The second-order valence-corrected chi connectivity index (χ2v) is 4.69. The lowest BCUT2D eigenvalue weighted by molar-refractivity contribution is -0.142. The molecule has 0 aromatic heterocycles. The first-order valence-electron chi connectivity index (χ1n) is 6.84. The number of ether oxygens (including phenoxy) is 2. The average Bonchev–Trinajstić information content (AvgIpc) is 2.36. The minimum Gasteiger partial charge on any atom is -0.466 e. The zero-order valence-corrected chi connectivity index (χ0v) is 12.8. The minimum absolute atomic E-state index is 0.0922. The van der Waals surface area contributed by atoms with Crippen LogP contribution in [-0.4, -0.2) is 25.2 Å². The Morgan fingerprint density at radius 3 is 2.15 bits per heavy atom. The van der Waals surface area contributed by atoms with Gasteiger partial charge in [-0.05, 0) is 56.9 Å². The Balaban J connectivity index is 3.29. The molecule has 1 aromatic carbocycles. The molecule has 4 nitrogen and oxygen atoms in total. The summed E-state index contributed by atoms with van der Waals surface area (Å²) < 4.78 is 10.1. The van der Waals surface area contributed by atoms with Gasteiger partial charge < -0.3 is 9.47 Å². The molecule has 0 aliphatic heterocycles. The molecule has 0 saturated heterocycles. The SMILES string of the molecule is CCOC(=O)Cc1c(C)cc(C)c(C)c1C(=O)OCC. The van der Waals surface area contributed by atoms with Crippen molar-refractivity contribution in [3.63, 3.8) is 0 Å². The van der Waals surface area contributed by atoms with Crippen LogP contribution in [-0.2, 0) is 20.7 Å². The van der Waals surface area contributed by atoms with E-state index in [-0.39, 0.29) is 18.4 Å². The summed E-state index contributed by atoms with van der Waals surface area (Å²) in [6, 6.07) is 1.98. The van der Waals surface area contributed by atoms with Gasteiger partial charge in [-0.2, -0.15) is 0 Å². The monoisotopic (exact) mass is 278 g/mol. The van der Waals surface area contributed by atoms with Crippen LogP contribution in [0, 0.1) is 20.8 Å². The van der Waals surface area contributed by atoms with E-state index in [0.717, 1.165) is 16.7 Å². The van der Waals surface area contributed by atoms with Gasteiger partial charge in [-0.1, -0.05) is 6.07 Å². The second-order valence-electron chi connectivity index (χ2n) is 4.69. The molecule has 0 atom stereocenters. The standard InChI is InChI=1S/C16H22O4/c1-6-19-14(17)9-13-11(4)8-10(3)12(5)15(13)16(18)20-7-2/h8H,6-7,9H2,1-5H3. The number of benzene rings is 1. The van der Waals surface area contributed by atoms with Crippen molar-refractivity contribution in [2.45, 2.75) is 41.0 Å². The first-order valence-corrected chi connectivity index (χ1v) is 6.84. The van der Waals surface area contributed by atoms with E-state index in [0.29, 0.717) is 24.3 Å². The van der Waals surface area contributed by atoms with Crippen LogP contribution in [0.1, 0.15) is 46.5 Å². The Kier molecular flexibility index (Phi) is 5.74. The lowest BCUT2D eigenvalue weighted by Gasteiger charge is -2.16. The molecule has 0 N–H and O–H groups in total. The molecule has 0 radical (unpaired) electrons. The molecule has 0 saturated carbocycles. The normalized spacial score (nSPS) is 10.2. The maximum Gasteiger partial charge on any atom is 0.338 e. The summed E-state index contributed by atoms with van der Waals surface area (Å²) in [6.45, 7) is 9.87. The lowest BCUT2D eigenvalue weighted by Crippen LogP contribution is -2.17. The smallest absolute Gasteiger partial charge is 0.338 e. The Morgan fingerprint density at radius 1 is 1.00 bits per heavy atom. The van der Waals surface area contributed by atoms with E-state index in [1.165, 1.54) is 0 Å². The minimum atomic E-state index is -0.379. The maximum absolute atomic E-state index is 12.2. The molecule has 0 aliphatic rings. The van der Waals surface area contributed by atoms with Gasteiger partial charge in [0.1, 0.15) is 0 Å². The molecule has 4 heteroatoms. The molecule has 0 fully saturated rings. The molecule has 1 rings (SSSR count). The first-order chi connectivity index (χ1) is 9.42. The molecule has 0 amide bonds. The second kappa shape index (κ2) is 7.08. The number of carbonyl (C=O) groups excluding carboxylic acids is 2. The van der Waals surface area contributed by atoms with Gasteiger partial charge >= 0.3 is 11.9 Å². The topological polar surface area (TPSA) is 52.6 Å². The van der Waals surface area contributed by atoms with E-state index in [1.807, 2.05) is 26.8 Å². The Morgan fingerprint density at radius 2 is 1.60 bits per heavy atom. The van der Waals surface area contributed by atoms with Crippen molar-refractivity contribution in [1.29, 1.82) is 0 Å². The van der Waals surface area contributed by atoms with Gasteiger partial charge in [0, 0.05) is 0 Å². The summed E-state index contributed by atoms with van der Waals surface area (Å²) in [5.41, 5.74) is 3.97. The molecule has 1 aromatic rings. The van der Waals surface area contributed by atoms with Crippen LogP contribution in [0.3, 0.4) is 0 Å². The molecule has 20 heavy (non-hydrogen) atoms. The van der Waals surface area contributed by atoms with Gasteiger partial charge in [0.25, 0.3) is 0 Å². The Hall–Kier alpha value is -1.84. The number of hydrogen-bond donors (Lipinski definition) is 0. The molecular weight excluding hydrogens is 256 g/mol. The fourth-order valence-corrected chi connectivity index (χ4v) is 2.20. The predicted molar refractivity (Wildman–Crippen MR) is 76.9 cm³/mol. The number of rotatable bonds is 5. The van der Waals surface area contributed by atoms with E-state index < -0.39 is 0 Å². The molecular formula is C16H22O4. The summed E-state index contributed by atoms with van der Waals surface area (Å²) in [7, 11) is 0. The fourth-order valence-electron chi connectivity index (χ4n) is 2.20. The zero-order valence-electron chi connectivity index (χ0n) is 12.8. The van der Waals surface area contributed by atoms with Crippen molar-refractivity contribution in [2.75, 3.05) is 13.2 Å². The number of esters is 2. The van der Waals surface area contributed by atoms with Crippen LogP contribution in [0.5, 0.6) is 0 Å². The molecule has 0 spiro atoms. The van der Waals surface area contributed by atoms with Gasteiger partial charge in [0.05, 0.1) is 25.2 Å². The summed E-state index contributed by atoms with van der Waals surface area (Å²) >= 11 is 0. The third-order valence-corrected chi connectivity index (χ3v) is 3.28. The van der Waals surface area contributed by atoms with Crippen molar-refractivity contribution < 1.29 is 19.1 Å². The third kappa shape index (κ3) is 3.59. The molecule has 0 unspecified atom stereocenters. The van der Waals surface area contributed by atoms with Crippen molar-refractivity contribution >= 4 is 11.9 Å². The van der Waals surface area contributed by atoms with E-state index >= 15 is 0 Å². The van der Waals surface area contributed by atoms with E-state index in [4.69, 9.17) is 9.47 Å². The van der Waals surface area contributed by atoms with Crippen molar-refractivity contribution in [2.24, 2.45) is 0 Å².